The highest BCUT2D eigenvalue weighted by atomic mass is 16.5. The van der Waals surface area contributed by atoms with Crippen molar-refractivity contribution in [3.05, 3.63) is 47.5 Å². The van der Waals surface area contributed by atoms with Crippen LogP contribution < -0.4 is 18.9 Å². The molecule has 0 saturated carbocycles. The number of hydrogen-bond acceptors (Lipinski definition) is 8. The van der Waals surface area contributed by atoms with Crippen molar-refractivity contribution in [1.82, 2.24) is 0 Å². The molecule has 0 heterocycles. The van der Waals surface area contributed by atoms with Gasteiger partial charge in [0.1, 0.15) is 5.41 Å². The number of aliphatic hydroxyl groups is 2. The van der Waals surface area contributed by atoms with Gasteiger partial charge in [-0.25, -0.2) is 0 Å². The van der Waals surface area contributed by atoms with Crippen molar-refractivity contribution < 1.29 is 39.1 Å². The van der Waals surface area contributed by atoms with E-state index in [-0.39, 0.29) is 0 Å². The van der Waals surface area contributed by atoms with Crippen LogP contribution in [0.3, 0.4) is 0 Å². The Morgan fingerprint density at radius 3 is 1.98 bits per heavy atom. The lowest BCUT2D eigenvalue weighted by Gasteiger charge is -2.28. The van der Waals surface area contributed by atoms with Crippen LogP contribution in [0.2, 0.25) is 0 Å². The number of carbonyl (C=O) groups is 1. The summed E-state index contributed by atoms with van der Waals surface area (Å²) in [6, 6.07) is 13.2. The molecule has 0 aliphatic carbocycles. The lowest BCUT2D eigenvalue weighted by atomic mass is 9.82. The molecule has 0 aromatic heterocycles. The van der Waals surface area contributed by atoms with Gasteiger partial charge >= 0.3 is 5.97 Å². The number of carboxylic acid groups (broad SMARTS) is 1. The molecule has 3 N–H and O–H groups in total. The van der Waals surface area contributed by atoms with Gasteiger partial charge in [0.05, 0.1) is 52.3 Å². The second-order valence-corrected chi connectivity index (χ2v) is 10.9. The van der Waals surface area contributed by atoms with E-state index in [2.05, 4.69) is 6.07 Å². The molecule has 0 radical (unpaired) electrons. The molecule has 0 aliphatic rings. The summed E-state index contributed by atoms with van der Waals surface area (Å²) in [5, 5.41) is 38.4. The van der Waals surface area contributed by atoms with Gasteiger partial charge in [0.2, 0.25) is 0 Å². The maximum absolute atomic E-state index is 11.3. The van der Waals surface area contributed by atoms with E-state index in [9.17, 15) is 25.4 Å². The number of unbranched alkanes of at least 4 members (excludes halogenated alkanes) is 8. The zero-order chi connectivity index (χ0) is 31.7. The number of allylic oxidation sites excluding steroid dienone is 1. The predicted molar refractivity (Wildman–Crippen MR) is 167 cm³/mol. The van der Waals surface area contributed by atoms with Crippen molar-refractivity contribution in [3.8, 4) is 29.1 Å². The van der Waals surface area contributed by atoms with Crippen LogP contribution in [0.25, 0.3) is 11.6 Å². The van der Waals surface area contributed by atoms with Crippen molar-refractivity contribution >= 4 is 17.6 Å². The molecule has 0 amide bonds. The van der Waals surface area contributed by atoms with Crippen molar-refractivity contribution in [2.45, 2.75) is 77.2 Å². The Kier molecular flexibility index (Phi) is 15.4. The molecule has 2 rings (SSSR count). The number of aliphatic hydroxyl groups excluding tert-OH is 2. The highest BCUT2D eigenvalue weighted by Gasteiger charge is 2.39. The van der Waals surface area contributed by atoms with E-state index >= 15 is 0 Å². The standard InChI is InChI=1S/C34H47NO8/c1-34(24-36,33(38)39)32(37)14-12-10-8-6-5-7-9-11-13-19-43-29-17-15-25(21-30(29)41-3)20-27(23-35)26-16-18-28(40-2)31(22-26)42-4/h15-18,20-22,32,36-37H,5-14,19,24H2,1-4H3,(H,38,39). The number of nitriles is 1. The minimum Gasteiger partial charge on any atom is -0.493 e. The number of nitrogens with zero attached hydrogens (tertiary/aromatic N) is 1. The van der Waals surface area contributed by atoms with Gasteiger partial charge < -0.3 is 34.3 Å². The fraction of sp³-hybridized carbons (Fsp3) is 0.529. The molecule has 2 aromatic rings. The quantitative estimate of drug-likeness (QED) is 0.0836. The molecule has 0 bridgehead atoms. The number of aliphatic carboxylic acids is 1. The lowest BCUT2D eigenvalue weighted by molar-refractivity contribution is -0.159. The van der Waals surface area contributed by atoms with Gasteiger partial charge in [0, 0.05) is 0 Å². The van der Waals surface area contributed by atoms with Gasteiger partial charge in [-0.15, -0.1) is 0 Å². The molecule has 43 heavy (non-hydrogen) atoms. The third-order valence-corrected chi connectivity index (χ3v) is 7.75. The number of benzene rings is 2. The van der Waals surface area contributed by atoms with Gasteiger partial charge in [0.15, 0.2) is 23.0 Å². The molecule has 9 heteroatoms. The maximum Gasteiger partial charge on any atom is 0.314 e. The third kappa shape index (κ3) is 10.8. The lowest BCUT2D eigenvalue weighted by Crippen LogP contribution is -2.43. The first kappa shape index (κ1) is 35.5. The van der Waals surface area contributed by atoms with Crippen LogP contribution in [0.5, 0.6) is 23.0 Å². The summed E-state index contributed by atoms with van der Waals surface area (Å²) >= 11 is 0. The van der Waals surface area contributed by atoms with Crippen molar-refractivity contribution in [2.75, 3.05) is 34.5 Å². The summed E-state index contributed by atoms with van der Waals surface area (Å²) in [6.07, 6.45) is 10.4. The van der Waals surface area contributed by atoms with Gasteiger partial charge in [-0.3, -0.25) is 4.79 Å². The molecule has 0 fully saturated rings. The maximum atomic E-state index is 11.3. The van der Waals surface area contributed by atoms with Crippen LogP contribution in [0.1, 0.15) is 82.3 Å². The van der Waals surface area contributed by atoms with E-state index in [1.807, 2.05) is 24.3 Å². The summed E-state index contributed by atoms with van der Waals surface area (Å²) in [6.45, 7) is 1.40. The van der Waals surface area contributed by atoms with Crippen LogP contribution in [0.4, 0.5) is 0 Å². The molecule has 0 aliphatic heterocycles. The zero-order valence-corrected chi connectivity index (χ0v) is 25.9. The zero-order valence-electron chi connectivity index (χ0n) is 25.9. The summed E-state index contributed by atoms with van der Waals surface area (Å²) in [5.41, 5.74) is 0.525. The fourth-order valence-electron chi connectivity index (χ4n) is 4.74. The Bertz CT molecular complexity index is 1220. The average Bonchev–Trinajstić information content (AvgIpc) is 3.03. The molecular formula is C34H47NO8. The van der Waals surface area contributed by atoms with E-state index in [1.165, 1.54) is 6.92 Å². The minimum absolute atomic E-state index is 0.383. The van der Waals surface area contributed by atoms with Crippen LogP contribution in [0.15, 0.2) is 36.4 Å². The Morgan fingerprint density at radius 2 is 1.42 bits per heavy atom. The van der Waals surface area contributed by atoms with Gasteiger partial charge in [-0.1, -0.05) is 57.4 Å². The van der Waals surface area contributed by atoms with Crippen molar-refractivity contribution in [1.29, 1.82) is 5.26 Å². The molecular weight excluding hydrogens is 550 g/mol. The number of rotatable bonds is 21. The van der Waals surface area contributed by atoms with E-state index in [0.717, 1.165) is 68.9 Å². The monoisotopic (exact) mass is 597 g/mol. The number of methoxy groups -OCH3 is 3. The fourth-order valence-corrected chi connectivity index (χ4v) is 4.74. The van der Waals surface area contributed by atoms with E-state index in [1.54, 1.807) is 39.5 Å². The Hall–Kier alpha value is -3.74. The molecule has 2 unspecified atom stereocenters. The largest absolute Gasteiger partial charge is 0.493 e. The van der Waals surface area contributed by atoms with Crippen LogP contribution >= 0.6 is 0 Å². The highest BCUT2D eigenvalue weighted by molar-refractivity contribution is 5.90. The van der Waals surface area contributed by atoms with Crippen LogP contribution in [-0.2, 0) is 4.79 Å². The summed E-state index contributed by atoms with van der Waals surface area (Å²) in [7, 11) is 4.73. The van der Waals surface area contributed by atoms with Crippen LogP contribution in [-0.4, -0.2) is 61.9 Å². The number of hydrogen-bond donors (Lipinski definition) is 3. The van der Waals surface area contributed by atoms with Crippen LogP contribution in [0, 0.1) is 16.7 Å². The molecule has 0 spiro atoms. The van der Waals surface area contributed by atoms with Gasteiger partial charge in [-0.2, -0.15) is 5.26 Å². The summed E-state index contributed by atoms with van der Waals surface area (Å²) < 4.78 is 22.2. The number of ether oxygens (including phenoxy) is 4. The second kappa shape index (κ2) is 18.7. The smallest absolute Gasteiger partial charge is 0.314 e. The first-order chi connectivity index (χ1) is 20.7. The topological polar surface area (TPSA) is 138 Å². The molecule has 236 valence electrons. The SMILES string of the molecule is COc1ccc(C(C#N)=Cc2ccc(OCCCCCCCCCCCC(O)C(C)(CO)C(=O)O)c(OC)c2)cc1OC. The summed E-state index contributed by atoms with van der Waals surface area (Å²) in [5.74, 6) is 1.25. The van der Waals surface area contributed by atoms with E-state index < -0.39 is 24.1 Å². The molecule has 2 atom stereocenters. The predicted octanol–water partition coefficient (Wildman–Crippen LogP) is 6.50. The molecule has 9 nitrogen and oxygen atoms in total. The van der Waals surface area contributed by atoms with Crippen molar-refractivity contribution in [2.24, 2.45) is 5.41 Å². The van der Waals surface area contributed by atoms with Crippen molar-refractivity contribution in [3.63, 3.8) is 0 Å². The Labute approximate surface area is 255 Å². The highest BCUT2D eigenvalue weighted by Crippen LogP contribution is 2.33. The van der Waals surface area contributed by atoms with E-state index in [4.69, 9.17) is 18.9 Å². The summed E-state index contributed by atoms with van der Waals surface area (Å²) in [4.78, 5) is 11.3. The molecule has 0 saturated heterocycles. The normalized spacial score (nSPS) is 13.5. The van der Waals surface area contributed by atoms with E-state index in [0.29, 0.717) is 41.6 Å². The Balaban J connectivity index is 1.70. The average molecular weight is 598 g/mol. The van der Waals surface area contributed by atoms with Gasteiger partial charge in [0.25, 0.3) is 0 Å². The first-order valence-corrected chi connectivity index (χ1v) is 14.9. The second-order valence-electron chi connectivity index (χ2n) is 10.9. The Morgan fingerprint density at radius 1 is 0.860 bits per heavy atom. The number of carboxylic acids is 1. The molecule has 2 aromatic carbocycles. The minimum atomic E-state index is -1.49. The first-order valence-electron chi connectivity index (χ1n) is 14.9. The third-order valence-electron chi connectivity index (χ3n) is 7.75. The van der Waals surface area contributed by atoms with Gasteiger partial charge in [-0.05, 0) is 67.3 Å².